The van der Waals surface area contributed by atoms with Crippen molar-refractivity contribution in [2.45, 2.75) is 12.8 Å². The highest BCUT2D eigenvalue weighted by Gasteiger charge is 2.35. The summed E-state index contributed by atoms with van der Waals surface area (Å²) in [6.45, 7) is 0.235. The molecule has 1 atom stereocenters. The molecule has 0 aliphatic carbocycles. The smallest absolute Gasteiger partial charge is 0.243 e. The zero-order valence-electron chi connectivity index (χ0n) is 15.3. The standard InChI is InChI=1S/C20H20ClN3O4/c1-28-17-7-5-13(6-8-17)9-18(25)22-23-20(27)14-10-19(26)24(12-14)16-4-2-3-15(21)11-16/h2-8,11,14H,9-10,12H2,1H3,(H,22,25)(H,23,27)/t14-/m1/s1. The third-order valence-corrected chi connectivity index (χ3v) is 4.70. The molecular weight excluding hydrogens is 382 g/mol. The predicted octanol–water partition coefficient (Wildman–Crippen LogP) is 2.09. The van der Waals surface area contributed by atoms with Crippen LogP contribution in [0.1, 0.15) is 12.0 Å². The Labute approximate surface area is 167 Å². The molecule has 0 aromatic heterocycles. The van der Waals surface area contributed by atoms with E-state index in [2.05, 4.69) is 10.9 Å². The SMILES string of the molecule is COc1ccc(CC(=O)NNC(=O)[C@@H]2CC(=O)N(c3cccc(Cl)c3)C2)cc1. The Kier molecular flexibility index (Phi) is 6.16. The Hall–Kier alpha value is -3.06. The summed E-state index contributed by atoms with van der Waals surface area (Å²) in [5, 5.41) is 0.518. The number of halogens is 1. The fourth-order valence-electron chi connectivity index (χ4n) is 2.98. The van der Waals surface area contributed by atoms with E-state index < -0.39 is 11.8 Å². The molecule has 2 aromatic rings. The number of hydrogen-bond acceptors (Lipinski definition) is 4. The van der Waals surface area contributed by atoms with Gasteiger partial charge >= 0.3 is 0 Å². The Morgan fingerprint density at radius 3 is 2.61 bits per heavy atom. The summed E-state index contributed by atoms with van der Waals surface area (Å²) in [6.07, 6.45) is 0.190. The molecule has 7 nitrogen and oxygen atoms in total. The third-order valence-electron chi connectivity index (χ3n) is 4.46. The van der Waals surface area contributed by atoms with Gasteiger partial charge in [-0.15, -0.1) is 0 Å². The van der Waals surface area contributed by atoms with Crippen molar-refractivity contribution in [1.82, 2.24) is 10.9 Å². The van der Waals surface area contributed by atoms with Crippen molar-refractivity contribution < 1.29 is 19.1 Å². The van der Waals surface area contributed by atoms with Gasteiger partial charge in [-0.05, 0) is 35.9 Å². The van der Waals surface area contributed by atoms with E-state index >= 15 is 0 Å². The van der Waals surface area contributed by atoms with Crippen molar-refractivity contribution in [1.29, 1.82) is 0 Å². The molecule has 0 unspecified atom stereocenters. The highest BCUT2D eigenvalue weighted by molar-refractivity contribution is 6.31. The minimum atomic E-state index is -0.548. The summed E-state index contributed by atoms with van der Waals surface area (Å²) in [6, 6.07) is 14.0. The molecular formula is C20H20ClN3O4. The molecule has 146 valence electrons. The number of carbonyl (C=O) groups is 3. The first-order valence-electron chi connectivity index (χ1n) is 8.74. The number of hydrazine groups is 1. The number of ether oxygens (including phenoxy) is 1. The molecule has 1 heterocycles. The normalized spacial score (nSPS) is 16.0. The molecule has 8 heteroatoms. The van der Waals surface area contributed by atoms with Gasteiger partial charge in [-0.3, -0.25) is 25.2 Å². The minimum absolute atomic E-state index is 0.0761. The van der Waals surface area contributed by atoms with E-state index in [0.29, 0.717) is 16.5 Å². The number of benzene rings is 2. The maximum absolute atomic E-state index is 12.3. The quantitative estimate of drug-likeness (QED) is 0.751. The van der Waals surface area contributed by atoms with E-state index in [1.807, 2.05) is 0 Å². The zero-order chi connectivity index (χ0) is 20.1. The lowest BCUT2D eigenvalue weighted by molar-refractivity contribution is -0.131. The first-order valence-corrected chi connectivity index (χ1v) is 9.11. The van der Waals surface area contributed by atoms with Crippen LogP contribution >= 0.6 is 11.6 Å². The molecule has 28 heavy (non-hydrogen) atoms. The van der Waals surface area contributed by atoms with E-state index in [9.17, 15) is 14.4 Å². The number of nitrogens with zero attached hydrogens (tertiary/aromatic N) is 1. The van der Waals surface area contributed by atoms with E-state index in [0.717, 1.165) is 5.56 Å². The van der Waals surface area contributed by atoms with Crippen molar-refractivity contribution in [2.75, 3.05) is 18.6 Å². The van der Waals surface area contributed by atoms with Gasteiger partial charge < -0.3 is 9.64 Å². The number of hydrogen-bond donors (Lipinski definition) is 2. The van der Waals surface area contributed by atoms with Gasteiger partial charge in [0.1, 0.15) is 5.75 Å². The molecule has 0 bridgehead atoms. The molecule has 1 aliphatic heterocycles. The summed E-state index contributed by atoms with van der Waals surface area (Å²) in [7, 11) is 1.57. The maximum atomic E-state index is 12.3. The second-order valence-electron chi connectivity index (χ2n) is 6.45. The van der Waals surface area contributed by atoms with Crippen molar-refractivity contribution >= 4 is 35.0 Å². The number of anilines is 1. The van der Waals surface area contributed by atoms with Gasteiger partial charge in [-0.25, -0.2) is 0 Å². The third kappa shape index (κ3) is 4.80. The molecule has 3 amide bonds. The largest absolute Gasteiger partial charge is 0.497 e. The van der Waals surface area contributed by atoms with Crippen LogP contribution in [-0.4, -0.2) is 31.4 Å². The molecule has 1 saturated heterocycles. The fraction of sp³-hybridized carbons (Fsp3) is 0.250. The van der Waals surface area contributed by atoms with Crippen LogP contribution in [0.15, 0.2) is 48.5 Å². The summed E-state index contributed by atoms with van der Waals surface area (Å²) in [5.41, 5.74) is 6.23. The van der Waals surface area contributed by atoms with Crippen LogP contribution in [0, 0.1) is 5.92 Å². The van der Waals surface area contributed by atoms with E-state index in [4.69, 9.17) is 16.3 Å². The molecule has 2 N–H and O–H groups in total. The predicted molar refractivity (Wildman–Crippen MR) is 105 cm³/mol. The van der Waals surface area contributed by atoms with E-state index in [1.54, 1.807) is 55.6 Å². The molecule has 0 spiro atoms. The molecule has 1 fully saturated rings. The monoisotopic (exact) mass is 401 g/mol. The van der Waals surface area contributed by atoms with Crippen LogP contribution in [-0.2, 0) is 20.8 Å². The Balaban J connectivity index is 1.50. The number of methoxy groups -OCH3 is 1. The van der Waals surface area contributed by atoms with Crippen LogP contribution in [0.2, 0.25) is 5.02 Å². The van der Waals surface area contributed by atoms with Gasteiger partial charge in [0.25, 0.3) is 0 Å². The van der Waals surface area contributed by atoms with Gasteiger partial charge in [-0.2, -0.15) is 0 Å². The average molecular weight is 402 g/mol. The lowest BCUT2D eigenvalue weighted by Crippen LogP contribution is -2.45. The van der Waals surface area contributed by atoms with E-state index in [-0.39, 0.29) is 31.2 Å². The molecule has 2 aromatic carbocycles. The second kappa shape index (κ2) is 8.75. The number of carbonyl (C=O) groups excluding carboxylic acids is 3. The van der Waals surface area contributed by atoms with Crippen LogP contribution < -0.4 is 20.5 Å². The summed E-state index contributed by atoms with van der Waals surface area (Å²) >= 11 is 5.97. The van der Waals surface area contributed by atoms with Crippen LogP contribution in [0.25, 0.3) is 0 Å². The minimum Gasteiger partial charge on any atom is -0.497 e. The van der Waals surface area contributed by atoms with Crippen LogP contribution in [0.3, 0.4) is 0 Å². The Morgan fingerprint density at radius 2 is 1.93 bits per heavy atom. The van der Waals surface area contributed by atoms with Crippen molar-refractivity contribution in [2.24, 2.45) is 5.92 Å². The van der Waals surface area contributed by atoms with Gasteiger partial charge in [0.15, 0.2) is 0 Å². The van der Waals surface area contributed by atoms with E-state index in [1.165, 1.54) is 4.90 Å². The van der Waals surface area contributed by atoms with Crippen molar-refractivity contribution in [3.05, 3.63) is 59.1 Å². The fourth-order valence-corrected chi connectivity index (χ4v) is 3.17. The molecule has 0 saturated carbocycles. The molecule has 1 aliphatic rings. The van der Waals surface area contributed by atoms with Crippen LogP contribution in [0.5, 0.6) is 5.75 Å². The maximum Gasteiger partial charge on any atom is 0.243 e. The van der Waals surface area contributed by atoms with Crippen LogP contribution in [0.4, 0.5) is 5.69 Å². The number of rotatable bonds is 5. The summed E-state index contributed by atoms with van der Waals surface area (Å²) < 4.78 is 5.07. The average Bonchev–Trinajstić information content (AvgIpc) is 3.08. The summed E-state index contributed by atoms with van der Waals surface area (Å²) in [4.78, 5) is 38.1. The lowest BCUT2D eigenvalue weighted by atomic mass is 10.1. The van der Waals surface area contributed by atoms with Gasteiger partial charge in [0.05, 0.1) is 19.4 Å². The van der Waals surface area contributed by atoms with Crippen molar-refractivity contribution in [3.8, 4) is 5.75 Å². The Bertz CT molecular complexity index is 885. The highest BCUT2D eigenvalue weighted by Crippen LogP contribution is 2.27. The Morgan fingerprint density at radius 1 is 1.18 bits per heavy atom. The summed E-state index contributed by atoms with van der Waals surface area (Å²) in [5.74, 6) is -0.761. The number of nitrogens with one attached hydrogen (secondary N) is 2. The first-order chi connectivity index (χ1) is 13.5. The molecule has 3 rings (SSSR count). The second-order valence-corrected chi connectivity index (χ2v) is 6.88. The molecule has 0 radical (unpaired) electrons. The van der Waals surface area contributed by atoms with Gasteiger partial charge in [-0.1, -0.05) is 29.8 Å². The topological polar surface area (TPSA) is 87.7 Å². The number of amides is 3. The highest BCUT2D eigenvalue weighted by atomic mass is 35.5. The van der Waals surface area contributed by atoms with Crippen molar-refractivity contribution in [3.63, 3.8) is 0 Å². The van der Waals surface area contributed by atoms with Gasteiger partial charge in [0.2, 0.25) is 17.7 Å². The lowest BCUT2D eigenvalue weighted by Gasteiger charge is -2.17. The van der Waals surface area contributed by atoms with Gasteiger partial charge in [0, 0.05) is 23.7 Å². The zero-order valence-corrected chi connectivity index (χ0v) is 16.0. The first kappa shape index (κ1) is 19.7.